The molecular weight excluding hydrogens is 373 g/mol. The summed E-state index contributed by atoms with van der Waals surface area (Å²) in [4.78, 5) is 11.3. The fourth-order valence-corrected chi connectivity index (χ4v) is 2.51. The van der Waals surface area contributed by atoms with Gasteiger partial charge in [-0.3, -0.25) is 0 Å². The average Bonchev–Trinajstić information content (AvgIpc) is 2.59. The van der Waals surface area contributed by atoms with Crippen molar-refractivity contribution in [2.45, 2.75) is 26.1 Å². The second-order valence-electron chi connectivity index (χ2n) is 5.24. The van der Waals surface area contributed by atoms with Crippen LogP contribution in [-0.4, -0.2) is 13.3 Å². The number of alkyl halides is 3. The van der Waals surface area contributed by atoms with Gasteiger partial charge < -0.3 is 14.2 Å². The monoisotopic (exact) mass is 388 g/mol. The van der Waals surface area contributed by atoms with Crippen molar-refractivity contribution in [2.75, 3.05) is 7.11 Å². The molecule has 0 amide bonds. The lowest BCUT2D eigenvalue weighted by molar-refractivity contribution is -0.139. The lowest BCUT2D eigenvalue weighted by atomic mass is 10.1. The fourth-order valence-electron chi connectivity index (χ4n) is 2.22. The molecule has 0 heterocycles. The van der Waals surface area contributed by atoms with Crippen molar-refractivity contribution in [3.8, 4) is 11.5 Å². The van der Waals surface area contributed by atoms with Crippen LogP contribution in [0.3, 0.4) is 0 Å². The van der Waals surface area contributed by atoms with Gasteiger partial charge >= 0.3 is 12.3 Å². The van der Waals surface area contributed by atoms with E-state index >= 15 is 0 Å². The quantitative estimate of drug-likeness (QED) is 0.490. The molecular formula is C18H16ClF3O4. The molecule has 0 bridgehead atoms. The third kappa shape index (κ3) is 4.82. The van der Waals surface area contributed by atoms with Crippen molar-refractivity contribution in [1.82, 2.24) is 0 Å². The van der Waals surface area contributed by atoms with Crippen molar-refractivity contribution < 1.29 is 32.2 Å². The molecule has 8 heteroatoms. The van der Waals surface area contributed by atoms with E-state index in [9.17, 15) is 18.0 Å². The molecule has 0 atom stereocenters. The molecule has 0 spiro atoms. The van der Waals surface area contributed by atoms with Crippen LogP contribution in [0.5, 0.6) is 11.5 Å². The molecule has 0 radical (unpaired) electrons. The predicted molar refractivity (Wildman–Crippen MR) is 89.6 cm³/mol. The molecule has 0 N–H and O–H groups in total. The first-order valence-corrected chi connectivity index (χ1v) is 8.00. The minimum absolute atomic E-state index is 0.129. The number of aryl methyl sites for hydroxylation is 1. The van der Waals surface area contributed by atoms with Gasteiger partial charge in [0.1, 0.15) is 18.1 Å². The van der Waals surface area contributed by atoms with Gasteiger partial charge in [0.25, 0.3) is 0 Å². The first kappa shape index (κ1) is 19.9. The standard InChI is InChI=1S/C18H16ClF3O4/c1-3-11-8-13(18(20,21)22)16(9-14(11)19)25-10-12-6-4-5-7-15(12)26-17(23)24-2/h4-9H,3,10H2,1-2H3. The van der Waals surface area contributed by atoms with Crippen molar-refractivity contribution in [3.63, 3.8) is 0 Å². The molecule has 2 aromatic rings. The van der Waals surface area contributed by atoms with Crippen LogP contribution >= 0.6 is 11.6 Å². The van der Waals surface area contributed by atoms with Crippen molar-refractivity contribution >= 4 is 17.8 Å². The second-order valence-corrected chi connectivity index (χ2v) is 5.65. The highest BCUT2D eigenvalue weighted by Crippen LogP contribution is 2.40. The van der Waals surface area contributed by atoms with Gasteiger partial charge in [-0.05, 0) is 30.2 Å². The highest BCUT2D eigenvalue weighted by Gasteiger charge is 2.35. The number of carbonyl (C=O) groups is 1. The van der Waals surface area contributed by atoms with Crippen molar-refractivity contribution in [3.05, 3.63) is 58.1 Å². The van der Waals surface area contributed by atoms with Gasteiger partial charge in [0.2, 0.25) is 0 Å². The highest BCUT2D eigenvalue weighted by molar-refractivity contribution is 6.31. The number of hydrogen-bond donors (Lipinski definition) is 0. The second kappa shape index (κ2) is 8.31. The molecule has 2 rings (SSSR count). The molecule has 0 aliphatic rings. The number of hydrogen-bond acceptors (Lipinski definition) is 4. The summed E-state index contributed by atoms with van der Waals surface area (Å²) in [6, 6.07) is 8.42. The van der Waals surface area contributed by atoms with E-state index < -0.39 is 23.6 Å². The summed E-state index contributed by atoms with van der Waals surface area (Å²) in [5.41, 5.74) is -0.160. The van der Waals surface area contributed by atoms with Crippen LogP contribution in [0.2, 0.25) is 5.02 Å². The van der Waals surface area contributed by atoms with Gasteiger partial charge in [-0.25, -0.2) is 4.79 Å². The van der Waals surface area contributed by atoms with E-state index in [4.69, 9.17) is 21.1 Å². The fraction of sp³-hybridized carbons (Fsp3) is 0.278. The lowest BCUT2D eigenvalue weighted by Crippen LogP contribution is -2.12. The molecule has 0 aliphatic carbocycles. The van der Waals surface area contributed by atoms with Crippen molar-refractivity contribution in [2.24, 2.45) is 0 Å². The summed E-state index contributed by atoms with van der Waals surface area (Å²) in [5.74, 6) is -0.267. The van der Waals surface area contributed by atoms with Gasteiger partial charge in [-0.2, -0.15) is 13.2 Å². The Labute approximate surface area is 153 Å². The Bertz CT molecular complexity index is 790. The van der Waals surface area contributed by atoms with Crippen LogP contribution < -0.4 is 9.47 Å². The maximum absolute atomic E-state index is 13.3. The Morgan fingerprint density at radius 2 is 1.81 bits per heavy atom. The van der Waals surface area contributed by atoms with E-state index in [0.29, 0.717) is 17.5 Å². The van der Waals surface area contributed by atoms with E-state index in [1.54, 1.807) is 25.1 Å². The van der Waals surface area contributed by atoms with Crippen LogP contribution in [0.25, 0.3) is 0 Å². The van der Waals surface area contributed by atoms with Crippen molar-refractivity contribution in [1.29, 1.82) is 0 Å². The maximum Gasteiger partial charge on any atom is 0.513 e. The van der Waals surface area contributed by atoms with E-state index in [1.165, 1.54) is 6.07 Å². The highest BCUT2D eigenvalue weighted by atomic mass is 35.5. The molecule has 2 aromatic carbocycles. The number of carbonyl (C=O) groups excluding carboxylic acids is 1. The molecule has 0 aliphatic heterocycles. The molecule has 0 fully saturated rings. The Morgan fingerprint density at radius 3 is 2.42 bits per heavy atom. The SMILES string of the molecule is CCc1cc(C(F)(F)F)c(OCc2ccccc2OC(=O)OC)cc1Cl. The molecule has 4 nitrogen and oxygen atoms in total. The summed E-state index contributed by atoms with van der Waals surface area (Å²) in [7, 11) is 1.15. The largest absolute Gasteiger partial charge is 0.513 e. The zero-order valence-electron chi connectivity index (χ0n) is 14.0. The van der Waals surface area contributed by atoms with Crippen LogP contribution in [0, 0.1) is 0 Å². The van der Waals surface area contributed by atoms with Crippen LogP contribution in [0.15, 0.2) is 36.4 Å². The van der Waals surface area contributed by atoms with Gasteiger partial charge in [-0.1, -0.05) is 36.7 Å². The van der Waals surface area contributed by atoms with Gasteiger partial charge in [-0.15, -0.1) is 0 Å². The van der Waals surface area contributed by atoms with Gasteiger partial charge in [0.15, 0.2) is 0 Å². The maximum atomic E-state index is 13.3. The van der Waals surface area contributed by atoms with E-state index in [2.05, 4.69) is 4.74 Å². The van der Waals surface area contributed by atoms with E-state index in [0.717, 1.165) is 19.2 Å². The summed E-state index contributed by atoms with van der Waals surface area (Å²) in [6.45, 7) is 1.46. The summed E-state index contributed by atoms with van der Waals surface area (Å²) < 4.78 is 54.6. The molecule has 0 aromatic heterocycles. The number of halogens is 4. The number of methoxy groups -OCH3 is 1. The third-order valence-electron chi connectivity index (χ3n) is 3.55. The number of rotatable bonds is 5. The molecule has 140 valence electrons. The average molecular weight is 389 g/mol. The minimum atomic E-state index is -4.59. The van der Waals surface area contributed by atoms with Gasteiger partial charge in [0.05, 0.1) is 12.7 Å². The zero-order valence-corrected chi connectivity index (χ0v) is 14.8. The van der Waals surface area contributed by atoms with Crippen LogP contribution in [0.1, 0.15) is 23.6 Å². The third-order valence-corrected chi connectivity index (χ3v) is 3.90. The predicted octanol–water partition coefficient (Wildman–Crippen LogP) is 5.65. The first-order valence-electron chi connectivity index (χ1n) is 7.62. The molecule has 0 unspecified atom stereocenters. The van der Waals surface area contributed by atoms with E-state index in [1.807, 2.05) is 0 Å². The summed E-state index contributed by atoms with van der Waals surface area (Å²) in [5, 5.41) is 0.189. The molecule has 0 saturated carbocycles. The number of para-hydroxylation sites is 1. The van der Waals surface area contributed by atoms with Gasteiger partial charge in [0, 0.05) is 10.6 Å². The lowest BCUT2D eigenvalue weighted by Gasteiger charge is -2.17. The molecule has 0 saturated heterocycles. The number of benzene rings is 2. The van der Waals surface area contributed by atoms with E-state index in [-0.39, 0.29) is 17.4 Å². The Morgan fingerprint density at radius 1 is 1.12 bits per heavy atom. The van der Waals surface area contributed by atoms with Crippen LogP contribution in [0.4, 0.5) is 18.0 Å². The number of ether oxygens (including phenoxy) is 3. The smallest absolute Gasteiger partial charge is 0.488 e. The Balaban J connectivity index is 2.30. The minimum Gasteiger partial charge on any atom is -0.488 e. The summed E-state index contributed by atoms with van der Waals surface area (Å²) in [6.07, 6.45) is -5.17. The first-order chi connectivity index (χ1) is 12.3. The van der Waals surface area contributed by atoms with Crippen LogP contribution in [-0.2, 0) is 23.9 Å². The Kier molecular flexibility index (Phi) is 6.37. The normalized spacial score (nSPS) is 11.2. The zero-order chi connectivity index (χ0) is 19.3. The summed E-state index contributed by atoms with van der Waals surface area (Å²) >= 11 is 6.02. The Hall–Kier alpha value is -2.41. The molecule has 26 heavy (non-hydrogen) atoms. The topological polar surface area (TPSA) is 44.8 Å².